The van der Waals surface area contributed by atoms with Gasteiger partial charge in [-0.3, -0.25) is 14.7 Å². The first-order chi connectivity index (χ1) is 15.3. The number of nitrogens with one attached hydrogen (secondary N) is 2. The highest BCUT2D eigenvalue weighted by atomic mass is 16.5. The van der Waals surface area contributed by atoms with Crippen LogP contribution in [-0.4, -0.2) is 34.0 Å². The fourth-order valence-corrected chi connectivity index (χ4v) is 4.32. The minimum atomic E-state index is -0.554. The number of aromatic hydroxyl groups is 1. The predicted octanol–water partition coefficient (Wildman–Crippen LogP) is 3.80. The Morgan fingerprint density at radius 3 is 2.78 bits per heavy atom. The van der Waals surface area contributed by atoms with Gasteiger partial charge in [-0.1, -0.05) is 24.3 Å². The van der Waals surface area contributed by atoms with Crippen molar-refractivity contribution >= 4 is 5.97 Å². The monoisotopic (exact) mass is 436 g/mol. The fourth-order valence-electron chi connectivity index (χ4n) is 4.32. The van der Waals surface area contributed by atoms with Crippen molar-refractivity contribution in [2.75, 3.05) is 7.11 Å². The third-order valence-electron chi connectivity index (χ3n) is 6.00. The molecule has 1 aromatic heterocycles. The largest absolute Gasteiger partial charge is 0.508 e. The molecule has 7 nitrogen and oxygen atoms in total. The van der Waals surface area contributed by atoms with Gasteiger partial charge in [-0.25, -0.2) is 0 Å². The van der Waals surface area contributed by atoms with E-state index in [0.717, 1.165) is 29.7 Å². The molecule has 168 valence electrons. The SMILES string of the molecule is COC(=O)CC(c1cccc(O)c1)c1c(Cc2ccc3c(c2)CCC(C)(C)O3)[nH][nH]c1=O. The predicted molar refractivity (Wildman–Crippen MR) is 120 cm³/mol. The molecule has 3 aromatic rings. The molecule has 3 N–H and O–H groups in total. The zero-order valence-electron chi connectivity index (χ0n) is 18.5. The molecule has 0 saturated carbocycles. The van der Waals surface area contributed by atoms with Crippen molar-refractivity contribution in [3.8, 4) is 11.5 Å². The number of phenols is 1. The van der Waals surface area contributed by atoms with Gasteiger partial charge in [0.1, 0.15) is 17.1 Å². The van der Waals surface area contributed by atoms with Crippen LogP contribution in [0.2, 0.25) is 0 Å². The van der Waals surface area contributed by atoms with Gasteiger partial charge < -0.3 is 19.7 Å². The number of carbonyl (C=O) groups is 1. The molecule has 0 saturated heterocycles. The first-order valence-electron chi connectivity index (χ1n) is 10.7. The van der Waals surface area contributed by atoms with Gasteiger partial charge in [-0.15, -0.1) is 0 Å². The Kier molecular flexibility index (Phi) is 5.82. The summed E-state index contributed by atoms with van der Waals surface area (Å²) >= 11 is 0. The van der Waals surface area contributed by atoms with Gasteiger partial charge in [0, 0.05) is 23.6 Å². The van der Waals surface area contributed by atoms with Crippen LogP contribution in [0.25, 0.3) is 0 Å². The first kappa shape index (κ1) is 21.7. The second kappa shape index (κ2) is 8.57. The molecule has 0 radical (unpaired) electrons. The van der Waals surface area contributed by atoms with Crippen LogP contribution in [-0.2, 0) is 22.4 Å². The van der Waals surface area contributed by atoms with Crippen molar-refractivity contribution in [3.63, 3.8) is 0 Å². The number of H-pyrrole nitrogens is 2. The number of benzene rings is 2. The van der Waals surface area contributed by atoms with Crippen LogP contribution in [0.1, 0.15) is 60.6 Å². The number of ether oxygens (including phenoxy) is 2. The van der Waals surface area contributed by atoms with Gasteiger partial charge in [0.05, 0.1) is 13.5 Å². The Hall–Kier alpha value is -3.48. The van der Waals surface area contributed by atoms with Crippen molar-refractivity contribution in [2.24, 2.45) is 0 Å². The lowest BCUT2D eigenvalue weighted by Crippen LogP contribution is -2.32. The number of esters is 1. The second-order valence-electron chi connectivity index (χ2n) is 8.88. The second-order valence-corrected chi connectivity index (χ2v) is 8.88. The van der Waals surface area contributed by atoms with Crippen LogP contribution in [0, 0.1) is 0 Å². The number of aromatic nitrogens is 2. The molecule has 1 aliphatic rings. The maximum Gasteiger partial charge on any atom is 0.306 e. The number of methoxy groups -OCH3 is 1. The van der Waals surface area contributed by atoms with E-state index in [2.05, 4.69) is 30.1 Å². The van der Waals surface area contributed by atoms with E-state index >= 15 is 0 Å². The van der Waals surface area contributed by atoms with E-state index < -0.39 is 11.9 Å². The van der Waals surface area contributed by atoms with Crippen LogP contribution in [0.5, 0.6) is 11.5 Å². The zero-order chi connectivity index (χ0) is 22.9. The standard InChI is InChI=1S/C25H28N2O5/c1-25(2)10-9-17-11-15(7-8-21(17)32-25)12-20-23(24(30)27-26-20)19(14-22(29)31-3)16-5-4-6-18(28)13-16/h4-8,11,13,19,28H,9-10,12,14H2,1-3H3,(H2,26,27,30). The number of rotatable bonds is 6. The van der Waals surface area contributed by atoms with Crippen LogP contribution in [0.4, 0.5) is 0 Å². The van der Waals surface area contributed by atoms with Gasteiger partial charge in [-0.2, -0.15) is 0 Å². The minimum absolute atomic E-state index is 0.0129. The van der Waals surface area contributed by atoms with E-state index in [1.54, 1.807) is 24.3 Å². The number of hydrogen-bond donors (Lipinski definition) is 3. The van der Waals surface area contributed by atoms with Gasteiger partial charge in [-0.05, 0) is 61.6 Å². The van der Waals surface area contributed by atoms with E-state index in [-0.39, 0.29) is 23.3 Å². The van der Waals surface area contributed by atoms with Crippen LogP contribution >= 0.6 is 0 Å². The molecule has 2 aromatic carbocycles. The average molecular weight is 437 g/mol. The summed E-state index contributed by atoms with van der Waals surface area (Å²) in [4.78, 5) is 24.9. The van der Waals surface area contributed by atoms with E-state index in [1.807, 2.05) is 12.1 Å². The Bertz CT molecular complexity index is 1190. The highest BCUT2D eigenvalue weighted by molar-refractivity contribution is 5.71. The average Bonchev–Trinajstić information content (AvgIpc) is 3.11. The molecule has 1 atom stereocenters. The Labute approximate surface area is 186 Å². The molecule has 1 unspecified atom stereocenters. The molecule has 0 amide bonds. The number of phenolic OH excluding ortho intramolecular Hbond substituents is 1. The van der Waals surface area contributed by atoms with Gasteiger partial charge in [0.25, 0.3) is 5.56 Å². The molecule has 7 heteroatoms. The summed E-state index contributed by atoms with van der Waals surface area (Å²) in [5.74, 6) is -0.0145. The van der Waals surface area contributed by atoms with Crippen molar-refractivity contribution in [1.29, 1.82) is 0 Å². The molecule has 0 spiro atoms. The molecule has 0 fully saturated rings. The zero-order valence-corrected chi connectivity index (χ0v) is 18.5. The number of carbonyl (C=O) groups excluding carboxylic acids is 1. The van der Waals surface area contributed by atoms with Crippen molar-refractivity contribution in [2.45, 2.75) is 51.0 Å². The molecule has 2 heterocycles. The first-order valence-corrected chi connectivity index (χ1v) is 10.7. The van der Waals surface area contributed by atoms with Gasteiger partial charge >= 0.3 is 5.97 Å². The van der Waals surface area contributed by atoms with E-state index in [0.29, 0.717) is 23.2 Å². The number of aryl methyl sites for hydroxylation is 1. The topological polar surface area (TPSA) is 104 Å². The Balaban J connectivity index is 1.69. The maximum absolute atomic E-state index is 12.8. The van der Waals surface area contributed by atoms with Crippen molar-refractivity contribution in [3.05, 3.63) is 80.8 Å². The van der Waals surface area contributed by atoms with E-state index in [4.69, 9.17) is 9.47 Å². The summed E-state index contributed by atoms with van der Waals surface area (Å²) in [6, 6.07) is 12.7. The normalized spacial score (nSPS) is 15.5. The lowest BCUT2D eigenvalue weighted by molar-refractivity contribution is -0.140. The summed E-state index contributed by atoms with van der Waals surface area (Å²) in [5, 5.41) is 15.6. The summed E-state index contributed by atoms with van der Waals surface area (Å²) in [6.07, 6.45) is 2.34. The molecule has 1 aliphatic heterocycles. The fraction of sp³-hybridized carbons (Fsp3) is 0.360. The van der Waals surface area contributed by atoms with Crippen molar-refractivity contribution < 1.29 is 19.4 Å². The van der Waals surface area contributed by atoms with Crippen LogP contribution in [0.3, 0.4) is 0 Å². The number of fused-ring (bicyclic) bond motifs is 1. The van der Waals surface area contributed by atoms with Crippen LogP contribution in [0.15, 0.2) is 47.3 Å². The van der Waals surface area contributed by atoms with E-state index in [9.17, 15) is 14.7 Å². The molecule has 4 rings (SSSR count). The molecular weight excluding hydrogens is 408 g/mol. The number of aromatic amines is 2. The molecular formula is C25H28N2O5. The maximum atomic E-state index is 12.8. The van der Waals surface area contributed by atoms with Crippen LogP contribution < -0.4 is 10.3 Å². The lowest BCUT2D eigenvalue weighted by atomic mass is 9.87. The highest BCUT2D eigenvalue weighted by Gasteiger charge is 2.28. The summed E-state index contributed by atoms with van der Waals surface area (Å²) in [7, 11) is 1.32. The van der Waals surface area contributed by atoms with Gasteiger partial charge in [0.2, 0.25) is 0 Å². The number of hydrogen-bond acceptors (Lipinski definition) is 5. The lowest BCUT2D eigenvalue weighted by Gasteiger charge is -2.32. The Morgan fingerprint density at radius 1 is 1.22 bits per heavy atom. The third-order valence-corrected chi connectivity index (χ3v) is 6.00. The molecule has 0 aliphatic carbocycles. The third kappa shape index (κ3) is 4.56. The molecule has 0 bridgehead atoms. The van der Waals surface area contributed by atoms with Gasteiger partial charge in [0.15, 0.2) is 0 Å². The minimum Gasteiger partial charge on any atom is -0.508 e. The summed E-state index contributed by atoms with van der Waals surface area (Å²) in [6.45, 7) is 4.17. The smallest absolute Gasteiger partial charge is 0.306 e. The Morgan fingerprint density at radius 2 is 2.03 bits per heavy atom. The van der Waals surface area contributed by atoms with Crippen molar-refractivity contribution in [1.82, 2.24) is 10.2 Å². The quantitative estimate of drug-likeness (QED) is 0.510. The molecule has 32 heavy (non-hydrogen) atoms. The summed E-state index contributed by atoms with van der Waals surface area (Å²) in [5.41, 5.74) is 3.57. The van der Waals surface area contributed by atoms with E-state index in [1.165, 1.54) is 7.11 Å². The highest BCUT2D eigenvalue weighted by Crippen LogP contribution is 2.35. The summed E-state index contributed by atoms with van der Waals surface area (Å²) < 4.78 is 10.9.